The van der Waals surface area contributed by atoms with E-state index in [9.17, 15) is 0 Å². The molecular formula is C14H19NO. The number of rotatable bonds is 1. The van der Waals surface area contributed by atoms with Gasteiger partial charge < -0.3 is 4.74 Å². The molecule has 2 unspecified atom stereocenters. The summed E-state index contributed by atoms with van der Waals surface area (Å²) in [7, 11) is 3.99. The third-order valence-corrected chi connectivity index (χ3v) is 4.20. The molecule has 16 heavy (non-hydrogen) atoms. The summed E-state index contributed by atoms with van der Waals surface area (Å²) in [5.41, 5.74) is 3.03. The first kappa shape index (κ1) is 10.2. The predicted octanol–water partition coefficient (Wildman–Crippen LogP) is 2.63. The first-order valence-corrected chi connectivity index (χ1v) is 6.15. The first-order valence-electron chi connectivity index (χ1n) is 6.15. The molecule has 2 aliphatic rings. The van der Waals surface area contributed by atoms with Gasteiger partial charge in [-0.15, -0.1) is 0 Å². The number of benzene rings is 1. The van der Waals surface area contributed by atoms with Crippen molar-refractivity contribution in [3.8, 4) is 5.75 Å². The van der Waals surface area contributed by atoms with Gasteiger partial charge in [0.25, 0.3) is 0 Å². The number of piperidine rings is 1. The summed E-state index contributed by atoms with van der Waals surface area (Å²) >= 11 is 0. The van der Waals surface area contributed by atoms with Gasteiger partial charge in [0.15, 0.2) is 0 Å². The third-order valence-electron chi connectivity index (χ3n) is 4.20. The van der Waals surface area contributed by atoms with Gasteiger partial charge in [-0.2, -0.15) is 0 Å². The largest absolute Gasteiger partial charge is 0.497 e. The molecule has 1 aromatic carbocycles. The molecule has 0 spiro atoms. The second kappa shape index (κ2) is 3.77. The normalized spacial score (nSPS) is 28.6. The van der Waals surface area contributed by atoms with Crippen molar-refractivity contribution in [1.82, 2.24) is 4.90 Å². The summed E-state index contributed by atoms with van der Waals surface area (Å²) in [6.45, 7) is 1.24. The van der Waals surface area contributed by atoms with E-state index in [1.165, 1.54) is 36.9 Å². The maximum atomic E-state index is 5.33. The summed E-state index contributed by atoms with van der Waals surface area (Å²) in [6.07, 6.45) is 3.96. The topological polar surface area (TPSA) is 12.5 Å². The summed E-state index contributed by atoms with van der Waals surface area (Å²) < 4.78 is 5.33. The number of hydrogen-bond donors (Lipinski definition) is 0. The molecule has 0 saturated carbocycles. The molecule has 1 aliphatic heterocycles. The number of ether oxygens (including phenoxy) is 1. The molecule has 86 valence electrons. The molecule has 1 fully saturated rings. The molecule has 0 N–H and O–H groups in total. The van der Waals surface area contributed by atoms with E-state index >= 15 is 0 Å². The van der Waals surface area contributed by atoms with Crippen LogP contribution in [0.15, 0.2) is 18.2 Å². The lowest BCUT2D eigenvalue weighted by Crippen LogP contribution is -2.38. The van der Waals surface area contributed by atoms with Gasteiger partial charge in [0.1, 0.15) is 5.75 Å². The molecular weight excluding hydrogens is 198 g/mol. The average Bonchev–Trinajstić information content (AvgIpc) is 2.33. The van der Waals surface area contributed by atoms with E-state index in [2.05, 4.69) is 30.1 Å². The van der Waals surface area contributed by atoms with Crippen LogP contribution in [0.4, 0.5) is 0 Å². The molecule has 2 bridgehead atoms. The van der Waals surface area contributed by atoms with E-state index in [1.807, 2.05) is 0 Å². The predicted molar refractivity (Wildman–Crippen MR) is 64.8 cm³/mol. The van der Waals surface area contributed by atoms with E-state index in [0.29, 0.717) is 6.04 Å². The average molecular weight is 217 g/mol. The molecule has 1 aliphatic carbocycles. The minimum absolute atomic E-state index is 0.623. The first-order chi connectivity index (χ1) is 7.78. The Labute approximate surface area is 97.2 Å². The quantitative estimate of drug-likeness (QED) is 0.717. The Morgan fingerprint density at radius 1 is 1.38 bits per heavy atom. The van der Waals surface area contributed by atoms with Gasteiger partial charge >= 0.3 is 0 Å². The molecule has 0 amide bonds. The van der Waals surface area contributed by atoms with Crippen LogP contribution in [-0.4, -0.2) is 25.6 Å². The van der Waals surface area contributed by atoms with Gasteiger partial charge in [-0.05, 0) is 62.0 Å². The molecule has 2 heteroatoms. The number of likely N-dealkylation sites (tertiary alicyclic amines) is 1. The van der Waals surface area contributed by atoms with Gasteiger partial charge in [0.05, 0.1) is 7.11 Å². The maximum Gasteiger partial charge on any atom is 0.119 e. The van der Waals surface area contributed by atoms with Gasteiger partial charge in [-0.25, -0.2) is 0 Å². The van der Waals surface area contributed by atoms with Crippen molar-refractivity contribution in [2.24, 2.45) is 5.92 Å². The maximum absolute atomic E-state index is 5.33. The number of hydrogen-bond acceptors (Lipinski definition) is 2. The van der Waals surface area contributed by atoms with E-state index < -0.39 is 0 Å². The fraction of sp³-hybridized carbons (Fsp3) is 0.571. The minimum Gasteiger partial charge on any atom is -0.497 e. The highest BCUT2D eigenvalue weighted by molar-refractivity contribution is 5.40. The van der Waals surface area contributed by atoms with Crippen LogP contribution in [0.1, 0.15) is 30.0 Å². The van der Waals surface area contributed by atoms with Gasteiger partial charge in [0, 0.05) is 6.04 Å². The van der Waals surface area contributed by atoms with E-state index in [0.717, 1.165) is 11.7 Å². The van der Waals surface area contributed by atoms with Crippen LogP contribution in [0, 0.1) is 5.92 Å². The third kappa shape index (κ3) is 1.52. The van der Waals surface area contributed by atoms with Crippen LogP contribution in [-0.2, 0) is 6.42 Å². The lowest BCUT2D eigenvalue weighted by Gasteiger charge is -2.42. The van der Waals surface area contributed by atoms with Crippen molar-refractivity contribution in [2.45, 2.75) is 25.3 Å². The summed E-state index contributed by atoms with van der Waals surface area (Å²) in [5.74, 6) is 1.90. The molecule has 2 nitrogen and oxygen atoms in total. The van der Waals surface area contributed by atoms with Crippen LogP contribution in [0.2, 0.25) is 0 Å². The van der Waals surface area contributed by atoms with Gasteiger partial charge in [-0.1, -0.05) is 6.07 Å². The molecule has 0 radical (unpaired) electrons. The monoisotopic (exact) mass is 217 g/mol. The Balaban J connectivity index is 2.04. The number of nitrogens with zero attached hydrogens (tertiary/aromatic N) is 1. The number of fused-ring (bicyclic) bond motifs is 4. The molecule has 1 heterocycles. The molecule has 3 rings (SSSR count). The molecule has 1 saturated heterocycles. The van der Waals surface area contributed by atoms with Crippen LogP contribution >= 0.6 is 0 Å². The zero-order chi connectivity index (χ0) is 11.1. The van der Waals surface area contributed by atoms with Crippen molar-refractivity contribution in [1.29, 1.82) is 0 Å². The van der Waals surface area contributed by atoms with E-state index in [-0.39, 0.29) is 0 Å². The lowest BCUT2D eigenvalue weighted by molar-refractivity contribution is 0.129. The van der Waals surface area contributed by atoms with Crippen molar-refractivity contribution in [3.63, 3.8) is 0 Å². The SMILES string of the molecule is COc1ccc2c(c1)C1CC(CCN1C)C2. The number of methoxy groups -OCH3 is 1. The van der Waals surface area contributed by atoms with Crippen LogP contribution < -0.4 is 4.74 Å². The van der Waals surface area contributed by atoms with Crippen LogP contribution in [0.25, 0.3) is 0 Å². The Kier molecular flexibility index (Phi) is 2.40. The fourth-order valence-corrected chi connectivity index (χ4v) is 3.21. The molecule has 2 atom stereocenters. The fourth-order valence-electron chi connectivity index (χ4n) is 3.21. The Hall–Kier alpha value is -1.02. The van der Waals surface area contributed by atoms with Crippen molar-refractivity contribution >= 4 is 0 Å². The second-order valence-corrected chi connectivity index (χ2v) is 5.16. The summed E-state index contributed by atoms with van der Waals surface area (Å²) in [4.78, 5) is 2.49. The smallest absolute Gasteiger partial charge is 0.119 e. The summed E-state index contributed by atoms with van der Waals surface area (Å²) in [6, 6.07) is 7.21. The Morgan fingerprint density at radius 2 is 2.25 bits per heavy atom. The molecule has 0 aromatic heterocycles. The van der Waals surface area contributed by atoms with Crippen molar-refractivity contribution < 1.29 is 4.74 Å². The zero-order valence-corrected chi connectivity index (χ0v) is 10.1. The Bertz CT molecular complexity index is 402. The van der Waals surface area contributed by atoms with Crippen molar-refractivity contribution in [3.05, 3.63) is 29.3 Å². The van der Waals surface area contributed by atoms with E-state index in [4.69, 9.17) is 4.74 Å². The standard InChI is InChI=1S/C14H19NO/c1-15-6-5-10-7-11-3-4-12(16-2)9-13(11)14(15)8-10/h3-4,9-10,14H,5-8H2,1-2H3. The lowest BCUT2D eigenvalue weighted by atomic mass is 9.76. The molecule has 1 aromatic rings. The second-order valence-electron chi connectivity index (χ2n) is 5.16. The highest BCUT2D eigenvalue weighted by Crippen LogP contribution is 2.42. The zero-order valence-electron chi connectivity index (χ0n) is 10.1. The summed E-state index contributed by atoms with van der Waals surface area (Å²) in [5, 5.41) is 0. The minimum atomic E-state index is 0.623. The van der Waals surface area contributed by atoms with Crippen LogP contribution in [0.3, 0.4) is 0 Å². The van der Waals surface area contributed by atoms with Crippen molar-refractivity contribution in [2.75, 3.05) is 20.7 Å². The highest BCUT2D eigenvalue weighted by Gasteiger charge is 2.33. The Morgan fingerprint density at radius 3 is 3.06 bits per heavy atom. The van der Waals surface area contributed by atoms with E-state index in [1.54, 1.807) is 7.11 Å². The van der Waals surface area contributed by atoms with Gasteiger partial charge in [-0.3, -0.25) is 4.90 Å². The van der Waals surface area contributed by atoms with Gasteiger partial charge in [0.2, 0.25) is 0 Å². The van der Waals surface area contributed by atoms with Crippen LogP contribution in [0.5, 0.6) is 5.75 Å². The highest BCUT2D eigenvalue weighted by atomic mass is 16.5.